The molecule has 6 heteroatoms. The summed E-state index contributed by atoms with van der Waals surface area (Å²) in [7, 11) is 2.04. The zero-order valence-electron chi connectivity index (χ0n) is 10.4. The van der Waals surface area contributed by atoms with E-state index in [0.717, 1.165) is 25.5 Å². The number of likely N-dealkylation sites (N-methyl/N-ethyl adjacent to an activating group) is 1. The van der Waals surface area contributed by atoms with E-state index in [0.29, 0.717) is 18.1 Å². The number of anilines is 1. The second-order valence-electron chi connectivity index (χ2n) is 5.22. The van der Waals surface area contributed by atoms with Crippen LogP contribution in [-0.2, 0) is 4.74 Å². The van der Waals surface area contributed by atoms with Gasteiger partial charge in [0.15, 0.2) is 0 Å². The molecule has 2 unspecified atom stereocenters. The van der Waals surface area contributed by atoms with Gasteiger partial charge in [0.05, 0.1) is 12.1 Å². The van der Waals surface area contributed by atoms with Crippen molar-refractivity contribution in [1.29, 1.82) is 0 Å². The second-order valence-corrected chi connectivity index (χ2v) is 5.22. The number of hydrogen-bond acceptors (Lipinski definition) is 5. The van der Waals surface area contributed by atoms with E-state index in [-0.39, 0.29) is 0 Å². The number of ether oxygens (including phenoxy) is 1. The Morgan fingerprint density at radius 2 is 2.35 bits per heavy atom. The summed E-state index contributed by atoms with van der Waals surface area (Å²) in [6.07, 6.45) is 3.84. The van der Waals surface area contributed by atoms with Crippen LogP contribution in [0.25, 0.3) is 0 Å². The van der Waals surface area contributed by atoms with Crippen molar-refractivity contribution < 1.29 is 4.74 Å². The Morgan fingerprint density at radius 3 is 3.00 bits per heavy atom. The number of aromatic nitrogens is 4. The predicted molar refractivity (Wildman–Crippen MR) is 62.9 cm³/mol. The molecule has 0 radical (unpaired) electrons. The maximum absolute atomic E-state index is 5.64. The summed E-state index contributed by atoms with van der Waals surface area (Å²) in [6, 6.07) is 0.493. The maximum atomic E-state index is 5.64. The summed E-state index contributed by atoms with van der Waals surface area (Å²) in [5.41, 5.74) is 0. The van der Waals surface area contributed by atoms with Gasteiger partial charge in [-0.25, -0.2) is 4.68 Å². The molecule has 0 aromatic carbocycles. The van der Waals surface area contributed by atoms with Gasteiger partial charge in [0.2, 0.25) is 5.95 Å². The van der Waals surface area contributed by atoms with Crippen molar-refractivity contribution in [3.05, 3.63) is 0 Å². The van der Waals surface area contributed by atoms with Crippen molar-refractivity contribution in [2.24, 2.45) is 5.92 Å². The molecular weight excluding hydrogens is 218 g/mol. The molecule has 2 heterocycles. The lowest BCUT2D eigenvalue weighted by Gasteiger charge is -2.21. The van der Waals surface area contributed by atoms with E-state index in [1.807, 2.05) is 11.7 Å². The molecule has 3 atom stereocenters. The molecule has 2 aliphatic rings. The van der Waals surface area contributed by atoms with E-state index in [1.54, 1.807) is 0 Å². The molecule has 1 aromatic rings. The molecular formula is C11H19N5O. The highest BCUT2D eigenvalue weighted by molar-refractivity contribution is 5.28. The fourth-order valence-corrected chi connectivity index (χ4v) is 2.47. The van der Waals surface area contributed by atoms with Crippen LogP contribution in [0.4, 0.5) is 5.95 Å². The van der Waals surface area contributed by atoms with Gasteiger partial charge < -0.3 is 9.64 Å². The van der Waals surface area contributed by atoms with Crippen molar-refractivity contribution >= 4 is 5.95 Å². The third-order valence-electron chi connectivity index (χ3n) is 3.70. The van der Waals surface area contributed by atoms with Crippen molar-refractivity contribution in [3.8, 4) is 0 Å². The first-order chi connectivity index (χ1) is 8.25. The zero-order valence-corrected chi connectivity index (χ0v) is 10.4. The van der Waals surface area contributed by atoms with Gasteiger partial charge in [-0.1, -0.05) is 12.0 Å². The van der Waals surface area contributed by atoms with Gasteiger partial charge in [-0.05, 0) is 35.6 Å². The first-order valence-corrected chi connectivity index (χ1v) is 6.36. The highest BCUT2D eigenvalue weighted by Crippen LogP contribution is 2.43. The van der Waals surface area contributed by atoms with Crippen LogP contribution in [0.15, 0.2) is 0 Å². The van der Waals surface area contributed by atoms with Gasteiger partial charge in [-0.3, -0.25) is 0 Å². The molecule has 1 aliphatic carbocycles. The lowest BCUT2D eigenvalue weighted by molar-refractivity contribution is 0.116. The highest BCUT2D eigenvalue weighted by atomic mass is 16.5. The van der Waals surface area contributed by atoms with E-state index in [2.05, 4.69) is 27.3 Å². The second kappa shape index (κ2) is 4.25. The SMILES string of the molecule is CC1CC1n1nnnc1N(C)C[C@H]1CCCO1. The Hall–Kier alpha value is -1.17. The number of hydrogen-bond donors (Lipinski definition) is 0. The molecule has 3 rings (SSSR count). The van der Waals surface area contributed by atoms with E-state index in [1.165, 1.54) is 12.8 Å². The lowest BCUT2D eigenvalue weighted by Crippen LogP contribution is -2.30. The summed E-state index contributed by atoms with van der Waals surface area (Å²) in [5, 5.41) is 12.0. The molecule has 6 nitrogen and oxygen atoms in total. The summed E-state index contributed by atoms with van der Waals surface area (Å²) in [5.74, 6) is 1.57. The minimum absolute atomic E-state index is 0.335. The zero-order chi connectivity index (χ0) is 11.8. The Kier molecular flexibility index (Phi) is 2.74. The summed E-state index contributed by atoms with van der Waals surface area (Å²) in [6.45, 7) is 4.00. The van der Waals surface area contributed by atoms with Gasteiger partial charge in [0.1, 0.15) is 0 Å². The number of nitrogens with zero attached hydrogens (tertiary/aromatic N) is 5. The van der Waals surface area contributed by atoms with Crippen molar-refractivity contribution in [2.75, 3.05) is 25.1 Å². The standard InChI is InChI=1S/C11H19N5O/c1-8-6-10(8)16-11(12-13-14-16)15(2)7-9-4-3-5-17-9/h8-10H,3-7H2,1-2H3/t8?,9-,10?/m1/s1. The molecule has 1 saturated heterocycles. The molecule has 0 amide bonds. The topological polar surface area (TPSA) is 56.1 Å². The molecule has 2 fully saturated rings. The fraction of sp³-hybridized carbons (Fsp3) is 0.909. The highest BCUT2D eigenvalue weighted by Gasteiger charge is 2.38. The van der Waals surface area contributed by atoms with Crippen LogP contribution in [-0.4, -0.2) is 46.5 Å². The fourth-order valence-electron chi connectivity index (χ4n) is 2.47. The molecule has 1 aromatic heterocycles. The first-order valence-electron chi connectivity index (χ1n) is 6.36. The quantitative estimate of drug-likeness (QED) is 0.777. The van der Waals surface area contributed by atoms with E-state index >= 15 is 0 Å². The van der Waals surface area contributed by atoms with Crippen LogP contribution in [0.2, 0.25) is 0 Å². The number of rotatable bonds is 4. The normalized spacial score (nSPS) is 31.8. The predicted octanol–water partition coefficient (Wildman–Crippen LogP) is 0.869. The average Bonchev–Trinajstić information content (AvgIpc) is 2.78. The van der Waals surface area contributed by atoms with Crippen LogP contribution in [0.1, 0.15) is 32.2 Å². The van der Waals surface area contributed by atoms with Gasteiger partial charge in [-0.15, -0.1) is 0 Å². The smallest absolute Gasteiger partial charge is 0.245 e. The van der Waals surface area contributed by atoms with Gasteiger partial charge in [0, 0.05) is 20.2 Å². The van der Waals surface area contributed by atoms with Gasteiger partial charge in [0.25, 0.3) is 0 Å². The van der Waals surface area contributed by atoms with Crippen LogP contribution in [0.5, 0.6) is 0 Å². The largest absolute Gasteiger partial charge is 0.376 e. The minimum atomic E-state index is 0.335. The van der Waals surface area contributed by atoms with Gasteiger partial charge in [-0.2, -0.15) is 0 Å². The first kappa shape index (κ1) is 11.0. The molecule has 0 N–H and O–H groups in total. The maximum Gasteiger partial charge on any atom is 0.245 e. The minimum Gasteiger partial charge on any atom is -0.376 e. The third-order valence-corrected chi connectivity index (χ3v) is 3.70. The van der Waals surface area contributed by atoms with Crippen LogP contribution in [0.3, 0.4) is 0 Å². The Balaban J connectivity index is 1.68. The Morgan fingerprint density at radius 1 is 1.53 bits per heavy atom. The van der Waals surface area contributed by atoms with E-state index < -0.39 is 0 Å². The third kappa shape index (κ3) is 2.13. The van der Waals surface area contributed by atoms with Crippen molar-refractivity contribution in [1.82, 2.24) is 20.2 Å². The molecule has 0 bridgehead atoms. The van der Waals surface area contributed by atoms with Crippen molar-refractivity contribution in [2.45, 2.75) is 38.3 Å². The van der Waals surface area contributed by atoms with Gasteiger partial charge >= 0.3 is 0 Å². The van der Waals surface area contributed by atoms with Crippen LogP contribution >= 0.6 is 0 Å². The molecule has 0 spiro atoms. The van der Waals surface area contributed by atoms with Crippen LogP contribution < -0.4 is 4.90 Å². The Labute approximate surface area is 101 Å². The molecule has 94 valence electrons. The summed E-state index contributed by atoms with van der Waals surface area (Å²) in [4.78, 5) is 2.11. The lowest BCUT2D eigenvalue weighted by atomic mass is 10.2. The average molecular weight is 237 g/mol. The molecule has 1 aliphatic heterocycles. The summed E-state index contributed by atoms with van der Waals surface area (Å²) < 4.78 is 7.60. The molecule has 1 saturated carbocycles. The van der Waals surface area contributed by atoms with E-state index in [9.17, 15) is 0 Å². The monoisotopic (exact) mass is 237 g/mol. The molecule has 17 heavy (non-hydrogen) atoms. The van der Waals surface area contributed by atoms with Crippen molar-refractivity contribution in [3.63, 3.8) is 0 Å². The van der Waals surface area contributed by atoms with Crippen LogP contribution in [0, 0.1) is 5.92 Å². The number of tetrazole rings is 1. The van der Waals surface area contributed by atoms with E-state index in [4.69, 9.17) is 4.74 Å². The Bertz CT molecular complexity index is 387. The summed E-state index contributed by atoms with van der Waals surface area (Å²) >= 11 is 0.